The number of amides is 2. The van der Waals surface area contributed by atoms with Gasteiger partial charge in [0.25, 0.3) is 5.91 Å². The van der Waals surface area contributed by atoms with E-state index >= 15 is 0 Å². The zero-order valence-electron chi connectivity index (χ0n) is 18.0. The molecule has 1 fully saturated rings. The smallest absolute Gasteiger partial charge is 0.293 e. The van der Waals surface area contributed by atoms with Crippen LogP contribution in [0.25, 0.3) is 10.9 Å². The molecule has 0 radical (unpaired) electrons. The second-order valence-electron chi connectivity index (χ2n) is 8.06. The summed E-state index contributed by atoms with van der Waals surface area (Å²) in [7, 11) is 0. The fourth-order valence-electron chi connectivity index (χ4n) is 4.11. The van der Waals surface area contributed by atoms with Gasteiger partial charge in [0.1, 0.15) is 17.3 Å². The molecule has 0 aliphatic carbocycles. The Labute approximate surface area is 189 Å². The average Bonchev–Trinajstić information content (AvgIpc) is 3.37. The average molecular weight is 457 g/mol. The molecule has 10 heteroatoms. The maximum absolute atomic E-state index is 14.2. The summed E-state index contributed by atoms with van der Waals surface area (Å²) in [5, 5.41) is 13.0. The maximum atomic E-state index is 14.2. The number of aromatic nitrogens is 2. The third-order valence-corrected chi connectivity index (χ3v) is 5.81. The number of pyridine rings is 1. The van der Waals surface area contributed by atoms with E-state index in [2.05, 4.69) is 10.3 Å². The molecule has 0 spiro atoms. The van der Waals surface area contributed by atoms with E-state index in [9.17, 15) is 18.4 Å². The molecule has 4 rings (SSSR count). The van der Waals surface area contributed by atoms with Gasteiger partial charge in [-0.3, -0.25) is 14.8 Å². The van der Waals surface area contributed by atoms with Crippen LogP contribution in [0.5, 0.6) is 0 Å². The van der Waals surface area contributed by atoms with Gasteiger partial charge in [0.2, 0.25) is 5.91 Å². The first kappa shape index (κ1) is 22.8. The second-order valence-corrected chi connectivity index (χ2v) is 8.06. The summed E-state index contributed by atoms with van der Waals surface area (Å²) in [4.78, 5) is 29.5. The van der Waals surface area contributed by atoms with Gasteiger partial charge in [-0.1, -0.05) is 6.07 Å². The highest BCUT2D eigenvalue weighted by Gasteiger charge is 2.19. The lowest BCUT2D eigenvalue weighted by molar-refractivity contribution is -0.127. The van der Waals surface area contributed by atoms with Gasteiger partial charge in [-0.15, -0.1) is 0 Å². The Morgan fingerprint density at radius 3 is 2.79 bits per heavy atom. The first-order chi connectivity index (χ1) is 16.0. The van der Waals surface area contributed by atoms with Gasteiger partial charge in [0.15, 0.2) is 0 Å². The third kappa shape index (κ3) is 5.18. The van der Waals surface area contributed by atoms with Crippen LogP contribution in [0, 0.1) is 11.6 Å². The molecule has 3 aromatic rings. The van der Waals surface area contributed by atoms with Crippen LogP contribution < -0.4 is 10.8 Å². The van der Waals surface area contributed by atoms with Crippen LogP contribution in [-0.4, -0.2) is 51.1 Å². The fourth-order valence-corrected chi connectivity index (χ4v) is 4.11. The molecule has 0 saturated carbocycles. The van der Waals surface area contributed by atoms with Crippen LogP contribution in [0.3, 0.4) is 0 Å². The number of benzene rings is 1. The summed E-state index contributed by atoms with van der Waals surface area (Å²) in [5.74, 6) is -1.82. The molecule has 0 atom stereocenters. The van der Waals surface area contributed by atoms with Crippen molar-refractivity contribution in [3.63, 3.8) is 0 Å². The summed E-state index contributed by atoms with van der Waals surface area (Å²) in [6, 6.07) is 5.02. The number of hydrogen-bond donors (Lipinski definition) is 3. The van der Waals surface area contributed by atoms with Crippen molar-refractivity contribution in [2.45, 2.75) is 32.4 Å². The lowest BCUT2D eigenvalue weighted by Gasteiger charge is -2.15. The minimum Gasteiger partial charge on any atom is -0.343 e. The highest BCUT2D eigenvalue weighted by Crippen LogP contribution is 2.24. The Morgan fingerprint density at radius 2 is 2.06 bits per heavy atom. The number of hydroxylamine groups is 1. The molecular formula is C23H25F2N5O3. The number of carbonyl (C=O) groups excluding carboxylic acids is 2. The number of nitrogens with one attached hydrogen (secondary N) is 2. The summed E-state index contributed by atoms with van der Waals surface area (Å²) < 4.78 is 29.3. The van der Waals surface area contributed by atoms with Crippen molar-refractivity contribution in [2.24, 2.45) is 0 Å². The highest BCUT2D eigenvalue weighted by atomic mass is 19.1. The molecule has 174 valence electrons. The van der Waals surface area contributed by atoms with Crippen LogP contribution in [-0.2, 0) is 17.9 Å². The van der Waals surface area contributed by atoms with E-state index in [-0.39, 0.29) is 18.1 Å². The molecule has 2 aromatic heterocycles. The van der Waals surface area contributed by atoms with Gasteiger partial charge in [0.05, 0.1) is 18.3 Å². The zero-order valence-corrected chi connectivity index (χ0v) is 18.0. The number of rotatable bonds is 9. The molecule has 3 heterocycles. The fraction of sp³-hybridized carbons (Fsp3) is 0.348. The quantitative estimate of drug-likeness (QED) is 0.261. The number of fused-ring (bicyclic) bond motifs is 1. The number of carbonyl (C=O) groups is 2. The third-order valence-electron chi connectivity index (χ3n) is 5.81. The maximum Gasteiger partial charge on any atom is 0.293 e. The molecule has 2 amide bonds. The predicted molar refractivity (Wildman–Crippen MR) is 117 cm³/mol. The predicted octanol–water partition coefficient (Wildman–Crippen LogP) is 2.58. The van der Waals surface area contributed by atoms with E-state index < -0.39 is 17.5 Å². The number of hydrogen-bond acceptors (Lipinski definition) is 5. The van der Waals surface area contributed by atoms with E-state index in [4.69, 9.17) is 5.21 Å². The minimum absolute atomic E-state index is 0.0458. The second kappa shape index (κ2) is 10.1. The summed E-state index contributed by atoms with van der Waals surface area (Å²) in [6.45, 7) is 2.86. The lowest BCUT2D eigenvalue weighted by Crippen LogP contribution is -2.28. The summed E-state index contributed by atoms with van der Waals surface area (Å²) in [6.07, 6.45) is 5.68. The van der Waals surface area contributed by atoms with Crippen LogP contribution in [0.2, 0.25) is 0 Å². The molecule has 0 bridgehead atoms. The van der Waals surface area contributed by atoms with Gasteiger partial charge in [0, 0.05) is 49.3 Å². The van der Waals surface area contributed by atoms with E-state index in [1.807, 2.05) is 11.1 Å². The molecule has 1 aliphatic heterocycles. The topological polar surface area (TPSA) is 99.5 Å². The Balaban J connectivity index is 1.52. The molecule has 3 N–H and O–H groups in total. The zero-order chi connectivity index (χ0) is 23.4. The first-order valence-corrected chi connectivity index (χ1v) is 10.8. The highest BCUT2D eigenvalue weighted by molar-refractivity contribution is 5.96. The first-order valence-electron chi connectivity index (χ1n) is 10.8. The van der Waals surface area contributed by atoms with Gasteiger partial charge < -0.3 is 14.8 Å². The Hall–Kier alpha value is -3.37. The normalized spacial score (nSPS) is 13.8. The lowest BCUT2D eigenvalue weighted by atomic mass is 10.1. The van der Waals surface area contributed by atoms with Crippen molar-refractivity contribution in [2.75, 3.05) is 19.6 Å². The van der Waals surface area contributed by atoms with Crippen molar-refractivity contribution in [3.8, 4) is 0 Å². The van der Waals surface area contributed by atoms with Crippen LogP contribution in [0.4, 0.5) is 8.78 Å². The molecule has 33 heavy (non-hydrogen) atoms. The van der Waals surface area contributed by atoms with Crippen molar-refractivity contribution in [3.05, 3.63) is 65.1 Å². The molecule has 1 aromatic carbocycles. The Morgan fingerprint density at radius 1 is 1.21 bits per heavy atom. The van der Waals surface area contributed by atoms with Crippen LogP contribution in [0.1, 0.15) is 40.9 Å². The largest absolute Gasteiger partial charge is 0.343 e. The van der Waals surface area contributed by atoms with Gasteiger partial charge >= 0.3 is 0 Å². The van der Waals surface area contributed by atoms with Crippen molar-refractivity contribution < 1.29 is 23.6 Å². The van der Waals surface area contributed by atoms with Crippen molar-refractivity contribution in [1.82, 2.24) is 25.2 Å². The SMILES string of the molecule is O=C(NO)c1cc2c(CNCCCN3CCCC3=O)cn(Cc3ccc(F)cc3F)c2cn1. The van der Waals surface area contributed by atoms with Gasteiger partial charge in [-0.2, -0.15) is 0 Å². The Kier molecular flexibility index (Phi) is 6.95. The molecule has 0 unspecified atom stereocenters. The minimum atomic E-state index is -0.733. The molecular weight excluding hydrogens is 432 g/mol. The van der Waals surface area contributed by atoms with Gasteiger partial charge in [-0.25, -0.2) is 19.2 Å². The van der Waals surface area contributed by atoms with E-state index in [0.717, 1.165) is 36.4 Å². The van der Waals surface area contributed by atoms with Crippen molar-refractivity contribution >= 4 is 22.7 Å². The monoisotopic (exact) mass is 457 g/mol. The molecule has 1 saturated heterocycles. The number of halogens is 2. The number of nitrogens with zero attached hydrogens (tertiary/aromatic N) is 3. The van der Waals surface area contributed by atoms with E-state index in [1.165, 1.54) is 18.3 Å². The van der Waals surface area contributed by atoms with Gasteiger partial charge in [-0.05, 0) is 37.1 Å². The molecule has 1 aliphatic rings. The van der Waals surface area contributed by atoms with Crippen molar-refractivity contribution in [1.29, 1.82) is 0 Å². The van der Waals surface area contributed by atoms with E-state index in [1.54, 1.807) is 16.1 Å². The number of likely N-dealkylation sites (tertiary alicyclic amines) is 1. The van der Waals surface area contributed by atoms with Crippen LogP contribution >= 0.6 is 0 Å². The Bertz CT molecular complexity index is 1180. The summed E-state index contributed by atoms with van der Waals surface area (Å²) >= 11 is 0. The molecule has 8 nitrogen and oxygen atoms in total. The van der Waals surface area contributed by atoms with Crippen LogP contribution in [0.15, 0.2) is 36.7 Å². The van der Waals surface area contributed by atoms with E-state index in [0.29, 0.717) is 37.1 Å². The summed E-state index contributed by atoms with van der Waals surface area (Å²) in [5.41, 5.74) is 3.47. The standard InChI is InChI=1S/C23H25F2N5O3/c24-17-5-4-15(19(25)9-17)13-30-14-16(11-26-6-2-8-29-7-1-3-22(29)31)18-10-20(23(32)28-33)27-12-21(18)30/h4-5,9-10,12,14,26,33H,1-3,6-8,11,13H2,(H,28,32).